The number of halogens is 1. The van der Waals surface area contributed by atoms with Crippen LogP contribution >= 0.6 is 11.6 Å². The molecule has 0 aliphatic heterocycles. The van der Waals surface area contributed by atoms with E-state index in [2.05, 4.69) is 0 Å². The van der Waals surface area contributed by atoms with Gasteiger partial charge in [0.05, 0.1) is 19.2 Å². The first-order valence-corrected chi connectivity index (χ1v) is 8.88. The van der Waals surface area contributed by atoms with E-state index in [0.29, 0.717) is 27.8 Å². The molecule has 2 aromatic rings. The molecule has 1 amide bonds. The second-order valence-corrected chi connectivity index (χ2v) is 6.29. The van der Waals surface area contributed by atoms with Crippen LogP contribution in [0, 0.1) is 0 Å². The zero-order chi connectivity index (χ0) is 20.7. The summed E-state index contributed by atoms with van der Waals surface area (Å²) in [5.74, 6) is -0.126. The minimum atomic E-state index is -0.934. The molecule has 0 aliphatic rings. The summed E-state index contributed by atoms with van der Waals surface area (Å²) >= 11 is 6.14. The SMILES string of the molecule is COc1cc(/C=C/C(=O)O[C@@H](C)C(=O)N(C)c2ccccc2)cc(Cl)c1OC. The lowest BCUT2D eigenvalue weighted by Gasteiger charge is -2.21. The molecule has 0 fully saturated rings. The van der Waals surface area contributed by atoms with Gasteiger partial charge in [-0.05, 0) is 42.8 Å². The molecule has 28 heavy (non-hydrogen) atoms. The van der Waals surface area contributed by atoms with Gasteiger partial charge in [-0.2, -0.15) is 0 Å². The Hall–Kier alpha value is -2.99. The van der Waals surface area contributed by atoms with Gasteiger partial charge in [-0.3, -0.25) is 4.79 Å². The summed E-state index contributed by atoms with van der Waals surface area (Å²) in [5, 5.41) is 0.350. The molecule has 1 atom stereocenters. The van der Waals surface area contributed by atoms with Crippen LogP contribution in [-0.4, -0.2) is 39.2 Å². The normalized spacial score (nSPS) is 11.8. The quantitative estimate of drug-likeness (QED) is 0.517. The number of carbonyl (C=O) groups is 2. The summed E-state index contributed by atoms with van der Waals surface area (Å²) < 4.78 is 15.6. The number of benzene rings is 2. The average Bonchev–Trinajstić information content (AvgIpc) is 2.71. The Balaban J connectivity index is 2.03. The van der Waals surface area contributed by atoms with Gasteiger partial charge in [-0.25, -0.2) is 4.79 Å². The van der Waals surface area contributed by atoms with E-state index in [0.717, 1.165) is 0 Å². The Labute approximate surface area is 169 Å². The number of hydrogen-bond acceptors (Lipinski definition) is 5. The van der Waals surface area contributed by atoms with Crippen molar-refractivity contribution in [2.75, 3.05) is 26.2 Å². The van der Waals surface area contributed by atoms with Crippen molar-refractivity contribution in [3.63, 3.8) is 0 Å². The number of nitrogens with zero attached hydrogens (tertiary/aromatic N) is 1. The predicted octanol–water partition coefficient (Wildman–Crippen LogP) is 3.97. The number of methoxy groups -OCH3 is 2. The Morgan fingerprint density at radius 2 is 1.79 bits per heavy atom. The van der Waals surface area contributed by atoms with Crippen LogP contribution in [0.1, 0.15) is 12.5 Å². The molecule has 0 heterocycles. The predicted molar refractivity (Wildman–Crippen MR) is 109 cm³/mol. The molecular weight excluding hydrogens is 382 g/mol. The lowest BCUT2D eigenvalue weighted by Crippen LogP contribution is -2.37. The van der Waals surface area contributed by atoms with Crippen molar-refractivity contribution < 1.29 is 23.8 Å². The van der Waals surface area contributed by atoms with E-state index < -0.39 is 12.1 Å². The molecule has 0 N–H and O–H groups in total. The highest BCUT2D eigenvalue weighted by Gasteiger charge is 2.21. The van der Waals surface area contributed by atoms with E-state index in [1.165, 1.54) is 38.2 Å². The van der Waals surface area contributed by atoms with Crippen LogP contribution in [0.2, 0.25) is 5.02 Å². The van der Waals surface area contributed by atoms with Crippen molar-refractivity contribution in [1.29, 1.82) is 0 Å². The minimum absolute atomic E-state index is 0.331. The van der Waals surface area contributed by atoms with Crippen LogP contribution in [0.3, 0.4) is 0 Å². The zero-order valence-corrected chi connectivity index (χ0v) is 16.9. The van der Waals surface area contributed by atoms with Gasteiger partial charge < -0.3 is 19.1 Å². The highest BCUT2D eigenvalue weighted by Crippen LogP contribution is 2.36. The number of ether oxygens (including phenoxy) is 3. The summed E-state index contributed by atoms with van der Waals surface area (Å²) in [7, 11) is 4.61. The molecule has 0 saturated carbocycles. The maximum atomic E-state index is 12.4. The Kier molecular flexibility index (Phi) is 7.46. The van der Waals surface area contributed by atoms with Crippen LogP contribution < -0.4 is 14.4 Å². The molecule has 0 bridgehead atoms. The number of amides is 1. The number of carbonyl (C=O) groups excluding carboxylic acids is 2. The standard InChI is InChI=1S/C21H22ClNO5/c1-14(21(25)23(2)16-8-6-5-7-9-16)28-19(24)11-10-15-12-17(22)20(27-4)18(13-15)26-3/h5-14H,1-4H3/b11-10+/t14-/m0/s1. The molecule has 0 radical (unpaired) electrons. The van der Waals surface area contributed by atoms with Crippen molar-refractivity contribution in [2.24, 2.45) is 0 Å². The topological polar surface area (TPSA) is 65.1 Å². The Morgan fingerprint density at radius 3 is 2.39 bits per heavy atom. The molecule has 0 saturated heterocycles. The highest BCUT2D eigenvalue weighted by molar-refractivity contribution is 6.32. The number of esters is 1. The maximum Gasteiger partial charge on any atom is 0.331 e. The van der Waals surface area contributed by atoms with Gasteiger partial charge in [-0.15, -0.1) is 0 Å². The van der Waals surface area contributed by atoms with Crippen LogP contribution in [0.5, 0.6) is 11.5 Å². The number of likely N-dealkylation sites (N-methyl/N-ethyl adjacent to an activating group) is 1. The third-order valence-corrected chi connectivity index (χ3v) is 4.26. The van der Waals surface area contributed by atoms with Crippen molar-refractivity contribution in [3.8, 4) is 11.5 Å². The fourth-order valence-corrected chi connectivity index (χ4v) is 2.81. The zero-order valence-electron chi connectivity index (χ0n) is 16.1. The van der Waals surface area contributed by atoms with Crippen molar-refractivity contribution in [3.05, 3.63) is 59.1 Å². The molecule has 0 aromatic heterocycles. The first kappa shape index (κ1) is 21.3. The molecule has 6 nitrogen and oxygen atoms in total. The van der Waals surface area contributed by atoms with E-state index in [1.807, 2.05) is 18.2 Å². The second kappa shape index (κ2) is 9.80. The average molecular weight is 404 g/mol. The van der Waals surface area contributed by atoms with Crippen molar-refractivity contribution >= 4 is 35.2 Å². The number of anilines is 1. The molecule has 2 rings (SSSR count). The number of para-hydroxylation sites is 1. The third-order valence-electron chi connectivity index (χ3n) is 3.98. The molecule has 7 heteroatoms. The van der Waals surface area contributed by atoms with Gasteiger partial charge in [0, 0.05) is 18.8 Å². The van der Waals surface area contributed by atoms with Gasteiger partial charge in [0.25, 0.3) is 5.91 Å². The molecule has 148 valence electrons. The molecule has 0 aliphatic carbocycles. The summed E-state index contributed by atoms with van der Waals surface area (Å²) in [4.78, 5) is 26.0. The van der Waals surface area contributed by atoms with Crippen molar-refractivity contribution in [1.82, 2.24) is 0 Å². The summed E-state index contributed by atoms with van der Waals surface area (Å²) in [5.41, 5.74) is 1.34. The Bertz CT molecular complexity index is 867. The lowest BCUT2D eigenvalue weighted by atomic mass is 10.2. The molecule has 0 unspecified atom stereocenters. The fraction of sp³-hybridized carbons (Fsp3) is 0.238. The molecular formula is C21H22ClNO5. The van der Waals surface area contributed by atoms with E-state index in [-0.39, 0.29) is 5.91 Å². The first-order chi connectivity index (χ1) is 13.4. The van der Waals surface area contributed by atoms with Gasteiger partial charge in [0.2, 0.25) is 0 Å². The van der Waals surface area contributed by atoms with Crippen LogP contribution in [0.15, 0.2) is 48.5 Å². The van der Waals surface area contributed by atoms with Gasteiger partial charge in [0.1, 0.15) is 0 Å². The van der Waals surface area contributed by atoms with Gasteiger partial charge >= 0.3 is 5.97 Å². The fourth-order valence-electron chi connectivity index (χ4n) is 2.51. The second-order valence-electron chi connectivity index (χ2n) is 5.88. The Morgan fingerprint density at radius 1 is 1.11 bits per heavy atom. The number of rotatable bonds is 7. The smallest absolute Gasteiger partial charge is 0.331 e. The summed E-state index contributed by atoms with van der Waals surface area (Å²) in [6.07, 6.45) is 1.81. The van der Waals surface area contributed by atoms with Crippen LogP contribution in [0.25, 0.3) is 6.08 Å². The van der Waals surface area contributed by atoms with Gasteiger partial charge in [-0.1, -0.05) is 29.8 Å². The van der Waals surface area contributed by atoms with E-state index >= 15 is 0 Å². The van der Waals surface area contributed by atoms with E-state index in [1.54, 1.807) is 31.3 Å². The minimum Gasteiger partial charge on any atom is -0.493 e. The highest BCUT2D eigenvalue weighted by atomic mass is 35.5. The van der Waals surface area contributed by atoms with Crippen LogP contribution in [0.4, 0.5) is 5.69 Å². The van der Waals surface area contributed by atoms with Crippen LogP contribution in [-0.2, 0) is 14.3 Å². The number of hydrogen-bond donors (Lipinski definition) is 0. The third kappa shape index (κ3) is 5.27. The molecule has 2 aromatic carbocycles. The summed E-state index contributed by atoms with van der Waals surface area (Å²) in [6.45, 7) is 1.53. The van der Waals surface area contributed by atoms with Gasteiger partial charge in [0.15, 0.2) is 17.6 Å². The van der Waals surface area contributed by atoms with E-state index in [4.69, 9.17) is 25.8 Å². The largest absolute Gasteiger partial charge is 0.493 e. The monoisotopic (exact) mass is 403 g/mol. The molecule has 0 spiro atoms. The van der Waals surface area contributed by atoms with Crippen molar-refractivity contribution in [2.45, 2.75) is 13.0 Å². The van der Waals surface area contributed by atoms with E-state index in [9.17, 15) is 9.59 Å². The first-order valence-electron chi connectivity index (χ1n) is 8.50. The maximum absolute atomic E-state index is 12.4. The lowest BCUT2D eigenvalue weighted by molar-refractivity contribution is -0.148. The summed E-state index contributed by atoms with van der Waals surface area (Å²) in [6, 6.07) is 12.4.